The van der Waals surface area contributed by atoms with Gasteiger partial charge >= 0.3 is 6.18 Å². The summed E-state index contributed by atoms with van der Waals surface area (Å²) in [4.78, 5) is 8.40. The van der Waals surface area contributed by atoms with E-state index in [-0.39, 0.29) is 5.88 Å². The zero-order valence-electron chi connectivity index (χ0n) is 11.8. The average Bonchev–Trinajstić information content (AvgIpc) is 2.35. The fourth-order valence-electron chi connectivity index (χ4n) is 1.50. The summed E-state index contributed by atoms with van der Waals surface area (Å²) < 4.78 is 41.3. The van der Waals surface area contributed by atoms with Crippen LogP contribution in [0.5, 0.6) is 5.88 Å². The molecule has 0 saturated carbocycles. The number of hydrogen-bond donors (Lipinski definition) is 1. The van der Waals surface area contributed by atoms with Gasteiger partial charge in [-0.05, 0) is 12.8 Å². The van der Waals surface area contributed by atoms with E-state index in [9.17, 15) is 13.2 Å². The highest BCUT2D eigenvalue weighted by molar-refractivity contribution is 5.38. The lowest BCUT2D eigenvalue weighted by Crippen LogP contribution is -2.14. The van der Waals surface area contributed by atoms with E-state index in [0.717, 1.165) is 19.4 Å². The summed E-state index contributed by atoms with van der Waals surface area (Å²) in [5.74, 6) is 1.36. The SMILES string of the molecule is CCCNc1cc(OCCC(F)(F)F)nc(CCC)n1. The molecule has 0 aliphatic heterocycles. The van der Waals surface area contributed by atoms with E-state index in [1.807, 2.05) is 13.8 Å². The molecule has 0 unspecified atom stereocenters. The zero-order chi connectivity index (χ0) is 15.0. The monoisotopic (exact) mass is 291 g/mol. The van der Waals surface area contributed by atoms with Crippen molar-refractivity contribution in [3.8, 4) is 5.88 Å². The number of anilines is 1. The quantitative estimate of drug-likeness (QED) is 0.795. The molecule has 0 bridgehead atoms. The van der Waals surface area contributed by atoms with Crippen molar-refractivity contribution < 1.29 is 17.9 Å². The smallest absolute Gasteiger partial charge is 0.392 e. The van der Waals surface area contributed by atoms with Gasteiger partial charge in [-0.15, -0.1) is 0 Å². The predicted molar refractivity (Wildman–Crippen MR) is 71.0 cm³/mol. The van der Waals surface area contributed by atoms with Gasteiger partial charge in [0.1, 0.15) is 11.6 Å². The molecule has 7 heteroatoms. The van der Waals surface area contributed by atoms with Crippen LogP contribution in [0.3, 0.4) is 0 Å². The lowest BCUT2D eigenvalue weighted by Gasteiger charge is -2.11. The summed E-state index contributed by atoms with van der Waals surface area (Å²) in [6, 6.07) is 1.53. The molecule has 0 saturated heterocycles. The van der Waals surface area contributed by atoms with Crippen LogP contribution < -0.4 is 10.1 Å². The summed E-state index contributed by atoms with van der Waals surface area (Å²) >= 11 is 0. The largest absolute Gasteiger partial charge is 0.477 e. The Morgan fingerprint density at radius 1 is 1.20 bits per heavy atom. The summed E-state index contributed by atoms with van der Waals surface area (Å²) in [6.45, 7) is 4.31. The Morgan fingerprint density at radius 3 is 2.55 bits per heavy atom. The highest BCUT2D eigenvalue weighted by Gasteiger charge is 2.27. The van der Waals surface area contributed by atoms with Gasteiger partial charge in [-0.2, -0.15) is 18.2 Å². The molecule has 1 heterocycles. The molecular formula is C13H20F3N3O. The standard InChI is InChI=1S/C13H20F3N3O/c1-3-5-10-18-11(17-7-4-2)9-12(19-10)20-8-6-13(14,15)16/h9H,3-8H2,1-2H3,(H,17,18,19). The Kier molecular flexibility index (Phi) is 6.54. The topological polar surface area (TPSA) is 47.0 Å². The normalized spacial score (nSPS) is 11.4. The van der Waals surface area contributed by atoms with Crippen LogP contribution in [0.4, 0.5) is 19.0 Å². The summed E-state index contributed by atoms with van der Waals surface area (Å²) in [5.41, 5.74) is 0. The van der Waals surface area contributed by atoms with Crippen molar-refractivity contribution in [3.63, 3.8) is 0 Å². The van der Waals surface area contributed by atoms with Crippen LogP contribution in [0.2, 0.25) is 0 Å². The lowest BCUT2D eigenvalue weighted by molar-refractivity contribution is -0.139. The van der Waals surface area contributed by atoms with Crippen molar-refractivity contribution in [2.24, 2.45) is 0 Å². The lowest BCUT2D eigenvalue weighted by atomic mass is 10.3. The van der Waals surface area contributed by atoms with Crippen LogP contribution in [-0.4, -0.2) is 29.3 Å². The molecular weight excluding hydrogens is 271 g/mol. The highest BCUT2D eigenvalue weighted by Crippen LogP contribution is 2.20. The second-order valence-electron chi connectivity index (χ2n) is 4.40. The van der Waals surface area contributed by atoms with Gasteiger partial charge < -0.3 is 10.1 Å². The Labute approximate surface area is 116 Å². The van der Waals surface area contributed by atoms with Crippen molar-refractivity contribution >= 4 is 5.82 Å². The van der Waals surface area contributed by atoms with Crippen LogP contribution in [0.25, 0.3) is 0 Å². The zero-order valence-corrected chi connectivity index (χ0v) is 11.8. The summed E-state index contributed by atoms with van der Waals surface area (Å²) in [7, 11) is 0. The molecule has 1 rings (SSSR count). The average molecular weight is 291 g/mol. The van der Waals surface area contributed by atoms with Crippen molar-refractivity contribution in [1.29, 1.82) is 0 Å². The second kappa shape index (κ2) is 7.91. The number of ether oxygens (including phenoxy) is 1. The van der Waals surface area contributed by atoms with E-state index in [4.69, 9.17) is 4.74 Å². The summed E-state index contributed by atoms with van der Waals surface area (Å²) in [5, 5.41) is 3.09. The third kappa shape index (κ3) is 6.58. The van der Waals surface area contributed by atoms with Crippen LogP contribution in [0, 0.1) is 0 Å². The second-order valence-corrected chi connectivity index (χ2v) is 4.40. The molecule has 0 aliphatic carbocycles. The molecule has 1 aromatic rings. The fraction of sp³-hybridized carbons (Fsp3) is 0.692. The Balaban J connectivity index is 2.69. The highest BCUT2D eigenvalue weighted by atomic mass is 19.4. The van der Waals surface area contributed by atoms with Gasteiger partial charge in [0.25, 0.3) is 0 Å². The molecule has 0 aliphatic rings. The first-order valence-corrected chi connectivity index (χ1v) is 6.76. The molecule has 0 atom stereocenters. The summed E-state index contributed by atoms with van der Waals surface area (Å²) in [6.07, 6.45) is -2.76. The first kappa shape index (κ1) is 16.5. The number of halogens is 3. The van der Waals surface area contributed by atoms with Crippen LogP contribution in [0.1, 0.15) is 38.9 Å². The third-order valence-electron chi connectivity index (χ3n) is 2.41. The molecule has 1 N–H and O–H groups in total. The third-order valence-corrected chi connectivity index (χ3v) is 2.41. The van der Waals surface area contributed by atoms with Crippen molar-refractivity contribution in [3.05, 3.63) is 11.9 Å². The van der Waals surface area contributed by atoms with Gasteiger partial charge in [-0.25, -0.2) is 4.98 Å². The minimum atomic E-state index is -4.22. The van der Waals surface area contributed by atoms with Crippen molar-refractivity contribution in [1.82, 2.24) is 9.97 Å². The molecule has 0 spiro atoms. The maximum absolute atomic E-state index is 12.1. The first-order chi connectivity index (χ1) is 9.44. The maximum atomic E-state index is 12.1. The molecule has 0 amide bonds. The van der Waals surface area contributed by atoms with Crippen LogP contribution in [-0.2, 0) is 6.42 Å². The van der Waals surface area contributed by atoms with E-state index >= 15 is 0 Å². The number of hydrogen-bond acceptors (Lipinski definition) is 4. The molecule has 20 heavy (non-hydrogen) atoms. The van der Waals surface area contributed by atoms with Gasteiger partial charge in [0, 0.05) is 19.0 Å². The minimum absolute atomic E-state index is 0.186. The van der Waals surface area contributed by atoms with Crippen LogP contribution in [0.15, 0.2) is 6.07 Å². The van der Waals surface area contributed by atoms with Gasteiger partial charge in [-0.3, -0.25) is 0 Å². The molecule has 0 aromatic carbocycles. The Bertz CT molecular complexity index is 410. The molecule has 1 aromatic heterocycles. The van der Waals surface area contributed by atoms with Gasteiger partial charge in [0.05, 0.1) is 13.0 Å². The number of rotatable bonds is 8. The van der Waals surface area contributed by atoms with E-state index in [0.29, 0.717) is 18.1 Å². The van der Waals surface area contributed by atoms with Crippen molar-refractivity contribution in [2.75, 3.05) is 18.5 Å². The number of nitrogens with zero attached hydrogens (tertiary/aromatic N) is 2. The molecule has 0 radical (unpaired) electrons. The number of aromatic nitrogens is 2. The van der Waals surface area contributed by atoms with E-state index < -0.39 is 19.2 Å². The maximum Gasteiger partial charge on any atom is 0.392 e. The molecule has 4 nitrogen and oxygen atoms in total. The number of aryl methyl sites for hydroxylation is 1. The Hall–Kier alpha value is -1.53. The van der Waals surface area contributed by atoms with Gasteiger partial charge in [-0.1, -0.05) is 13.8 Å². The van der Waals surface area contributed by atoms with E-state index in [2.05, 4.69) is 15.3 Å². The van der Waals surface area contributed by atoms with E-state index in [1.54, 1.807) is 0 Å². The molecule has 0 fully saturated rings. The fourth-order valence-corrected chi connectivity index (χ4v) is 1.50. The number of nitrogens with one attached hydrogen (secondary N) is 1. The van der Waals surface area contributed by atoms with E-state index in [1.165, 1.54) is 6.07 Å². The first-order valence-electron chi connectivity index (χ1n) is 6.76. The number of alkyl halides is 3. The molecule has 114 valence electrons. The van der Waals surface area contributed by atoms with Crippen molar-refractivity contribution in [2.45, 2.75) is 45.7 Å². The van der Waals surface area contributed by atoms with Crippen LogP contribution >= 0.6 is 0 Å². The predicted octanol–water partition coefficient (Wildman–Crippen LogP) is 3.58. The van der Waals surface area contributed by atoms with Gasteiger partial charge in [0.15, 0.2) is 0 Å². The van der Waals surface area contributed by atoms with Gasteiger partial charge in [0.2, 0.25) is 5.88 Å². The minimum Gasteiger partial charge on any atom is -0.477 e. The Morgan fingerprint density at radius 2 is 1.95 bits per heavy atom.